The molecule has 0 aliphatic carbocycles. The van der Waals surface area contributed by atoms with Crippen molar-refractivity contribution in [3.8, 4) is 0 Å². The number of fused-ring (bicyclic) bond motifs is 8. The molecule has 3 heterocycles. The zero-order chi connectivity index (χ0) is 40.6. The first kappa shape index (κ1) is 44.4. The number of unbranched alkanes of at least 4 members (excludes halogenated alkanes) is 12. The van der Waals surface area contributed by atoms with Gasteiger partial charge in [-0.15, -0.1) is 0 Å². The normalized spacial score (nSPS) is 12.8. The highest BCUT2D eigenvalue weighted by Gasteiger charge is 2.17. The predicted molar refractivity (Wildman–Crippen MR) is 243 cm³/mol. The molecule has 0 saturated heterocycles. The summed E-state index contributed by atoms with van der Waals surface area (Å²) in [5, 5.41) is 14.2. The van der Waals surface area contributed by atoms with Crippen molar-refractivity contribution in [1.29, 1.82) is 0 Å². The third-order valence-electron chi connectivity index (χ3n) is 10.7. The van der Waals surface area contributed by atoms with Crippen LogP contribution in [0, 0.1) is 0 Å². The van der Waals surface area contributed by atoms with E-state index >= 15 is 0 Å². The van der Waals surface area contributed by atoms with Crippen LogP contribution in [-0.4, -0.2) is 56.1 Å². The summed E-state index contributed by atoms with van der Waals surface area (Å²) in [5.41, 5.74) is 4.56. The lowest BCUT2D eigenvalue weighted by molar-refractivity contribution is 0.601. The van der Waals surface area contributed by atoms with Crippen LogP contribution in [0.5, 0.6) is 0 Å². The third-order valence-corrected chi connectivity index (χ3v) is 10.7. The van der Waals surface area contributed by atoms with Gasteiger partial charge in [0.25, 0.3) is 0 Å². The largest absolute Gasteiger partial charge is 0.350 e. The molecular weight excluding hydrogens is 721 g/mol. The van der Waals surface area contributed by atoms with Crippen LogP contribution in [0.15, 0.2) is 48.5 Å². The molecule has 1 aliphatic rings. The molecule has 4 aromatic rings. The number of benzene rings is 2. The Morgan fingerprint density at radius 2 is 0.655 bits per heavy atom. The smallest absolute Gasteiger partial charge is 0.231 e. The van der Waals surface area contributed by atoms with Crippen LogP contribution in [0.25, 0.3) is 0 Å². The zero-order valence-corrected chi connectivity index (χ0v) is 36.2. The molecule has 5 rings (SSSR count). The molecule has 2 aromatic carbocycles. The standard InChI is InChI=1S/C46H72N12/c1-5-9-13-17-27-57(28-18-14-10-6-2)45-53-41-47-33-37-23-21-25-39(31-37)35-49-43-52-44(50-36-40-26-22-24-38(32-40)34-48-42(51-41)54-45)56-46(55-43)58(29-19-15-11-7-3)30-20-16-12-8-4/h21-26,31-32H,5-20,27-30,33-36H2,1-4H3,(H2,47,48,51,53,54)(H2,49,50,52,55,56). The van der Waals surface area contributed by atoms with Crippen molar-refractivity contribution in [2.24, 2.45) is 0 Å². The minimum absolute atomic E-state index is 0.578. The van der Waals surface area contributed by atoms with E-state index in [9.17, 15) is 0 Å². The highest BCUT2D eigenvalue weighted by Crippen LogP contribution is 2.21. The average Bonchev–Trinajstić information content (AvgIpc) is 3.25. The van der Waals surface area contributed by atoms with E-state index in [1.807, 2.05) is 0 Å². The van der Waals surface area contributed by atoms with Crippen molar-refractivity contribution >= 4 is 35.7 Å². The highest BCUT2D eigenvalue weighted by molar-refractivity contribution is 5.47. The molecule has 4 N–H and O–H groups in total. The van der Waals surface area contributed by atoms with Gasteiger partial charge in [-0.05, 0) is 47.9 Å². The zero-order valence-electron chi connectivity index (χ0n) is 36.2. The maximum Gasteiger partial charge on any atom is 0.231 e. The van der Waals surface area contributed by atoms with Crippen LogP contribution in [0.3, 0.4) is 0 Å². The molecular formula is C46H72N12. The summed E-state index contributed by atoms with van der Waals surface area (Å²) in [7, 11) is 0. The molecule has 2 aromatic heterocycles. The Kier molecular flexibility index (Phi) is 19.6. The van der Waals surface area contributed by atoms with Crippen molar-refractivity contribution in [2.75, 3.05) is 57.2 Å². The molecule has 8 bridgehead atoms. The van der Waals surface area contributed by atoms with Gasteiger partial charge in [0.05, 0.1) is 0 Å². The molecule has 0 fully saturated rings. The molecule has 12 heteroatoms. The molecule has 1 aliphatic heterocycles. The summed E-state index contributed by atoms with van der Waals surface area (Å²) in [6.07, 6.45) is 19.2. The first-order chi connectivity index (χ1) is 28.6. The minimum atomic E-state index is 0.578. The Bertz CT molecular complexity index is 1520. The van der Waals surface area contributed by atoms with Crippen molar-refractivity contribution in [3.63, 3.8) is 0 Å². The van der Waals surface area contributed by atoms with E-state index in [2.05, 4.69) is 107 Å². The number of nitrogens with one attached hydrogen (secondary N) is 4. The van der Waals surface area contributed by atoms with Gasteiger partial charge in [-0.25, -0.2) is 0 Å². The van der Waals surface area contributed by atoms with E-state index in [1.54, 1.807) is 0 Å². The number of aromatic nitrogens is 6. The van der Waals surface area contributed by atoms with E-state index in [0.29, 0.717) is 50.0 Å². The Hall–Kier alpha value is -4.74. The lowest BCUT2D eigenvalue weighted by Gasteiger charge is -2.24. The minimum Gasteiger partial charge on any atom is -0.350 e. The van der Waals surface area contributed by atoms with Crippen molar-refractivity contribution in [3.05, 3.63) is 70.8 Å². The lowest BCUT2D eigenvalue weighted by Crippen LogP contribution is -2.28. The first-order valence-electron chi connectivity index (χ1n) is 22.7. The van der Waals surface area contributed by atoms with E-state index in [-0.39, 0.29) is 0 Å². The Labute approximate surface area is 349 Å². The van der Waals surface area contributed by atoms with Gasteiger partial charge in [0.1, 0.15) is 0 Å². The number of anilines is 6. The van der Waals surface area contributed by atoms with Gasteiger partial charge < -0.3 is 31.1 Å². The van der Waals surface area contributed by atoms with Crippen LogP contribution in [-0.2, 0) is 26.2 Å². The molecule has 0 unspecified atom stereocenters. The van der Waals surface area contributed by atoms with Crippen LogP contribution >= 0.6 is 0 Å². The fourth-order valence-electron chi connectivity index (χ4n) is 7.29. The second-order valence-electron chi connectivity index (χ2n) is 15.8. The maximum atomic E-state index is 5.02. The Morgan fingerprint density at radius 1 is 0.379 bits per heavy atom. The van der Waals surface area contributed by atoms with Gasteiger partial charge in [0.2, 0.25) is 35.7 Å². The summed E-state index contributed by atoms with van der Waals surface area (Å²) >= 11 is 0. The Morgan fingerprint density at radius 3 is 0.914 bits per heavy atom. The molecule has 0 radical (unpaired) electrons. The quantitative estimate of drug-likeness (QED) is 0.0565. The van der Waals surface area contributed by atoms with Crippen LogP contribution in [0.4, 0.5) is 35.7 Å². The molecule has 0 saturated carbocycles. The monoisotopic (exact) mass is 793 g/mol. The predicted octanol–water partition coefficient (Wildman–Crippen LogP) is 10.8. The van der Waals surface area contributed by atoms with Crippen molar-refractivity contribution in [2.45, 2.75) is 157 Å². The topological polar surface area (TPSA) is 132 Å². The number of hydrogen-bond acceptors (Lipinski definition) is 12. The second-order valence-corrected chi connectivity index (χ2v) is 15.8. The first-order valence-corrected chi connectivity index (χ1v) is 22.7. The molecule has 316 valence electrons. The molecule has 58 heavy (non-hydrogen) atoms. The summed E-state index contributed by atoms with van der Waals surface area (Å²) in [5.74, 6) is 3.79. The average molecular weight is 793 g/mol. The number of hydrogen-bond donors (Lipinski definition) is 4. The molecule has 12 nitrogen and oxygen atoms in total. The van der Waals surface area contributed by atoms with E-state index in [1.165, 1.54) is 77.0 Å². The van der Waals surface area contributed by atoms with Gasteiger partial charge >= 0.3 is 0 Å². The van der Waals surface area contributed by atoms with E-state index in [0.717, 1.165) is 86.0 Å². The van der Waals surface area contributed by atoms with Gasteiger partial charge in [-0.3, -0.25) is 0 Å². The fraction of sp³-hybridized carbons (Fsp3) is 0.609. The van der Waals surface area contributed by atoms with Crippen LogP contribution in [0.2, 0.25) is 0 Å². The highest BCUT2D eigenvalue weighted by atomic mass is 15.3. The maximum absolute atomic E-state index is 5.02. The summed E-state index contributed by atoms with van der Waals surface area (Å²) < 4.78 is 0. The van der Waals surface area contributed by atoms with Gasteiger partial charge in [0.15, 0.2) is 0 Å². The van der Waals surface area contributed by atoms with Crippen molar-refractivity contribution in [1.82, 2.24) is 29.9 Å². The second kappa shape index (κ2) is 25.6. The van der Waals surface area contributed by atoms with Gasteiger partial charge in [0, 0.05) is 52.4 Å². The Balaban J connectivity index is 1.42. The van der Waals surface area contributed by atoms with E-state index < -0.39 is 0 Å². The summed E-state index contributed by atoms with van der Waals surface area (Å²) in [6, 6.07) is 17.2. The molecule has 0 amide bonds. The fourth-order valence-corrected chi connectivity index (χ4v) is 7.29. The summed E-state index contributed by atoms with van der Waals surface area (Å²) in [6.45, 7) is 15.1. The SMILES string of the molecule is CCCCCCN(CCCCCC)c1nc2nc(n1)NCc1cccc(c1)CNc1nc(nc(N(CCCCCC)CCCCCC)n1)NCc1cccc(c1)CN2. The van der Waals surface area contributed by atoms with Crippen LogP contribution in [0.1, 0.15) is 153 Å². The van der Waals surface area contributed by atoms with Crippen LogP contribution < -0.4 is 31.1 Å². The van der Waals surface area contributed by atoms with Crippen molar-refractivity contribution < 1.29 is 0 Å². The lowest BCUT2D eigenvalue weighted by atomic mass is 10.1. The molecule has 0 atom stereocenters. The van der Waals surface area contributed by atoms with Gasteiger partial charge in [-0.1, -0.05) is 153 Å². The van der Waals surface area contributed by atoms with E-state index in [4.69, 9.17) is 29.9 Å². The number of rotatable bonds is 22. The summed E-state index contributed by atoms with van der Waals surface area (Å²) in [4.78, 5) is 34.6. The number of nitrogens with zero attached hydrogens (tertiary/aromatic N) is 8. The van der Waals surface area contributed by atoms with Gasteiger partial charge in [-0.2, -0.15) is 29.9 Å². The third kappa shape index (κ3) is 15.5. The molecule has 0 spiro atoms.